The average Bonchev–Trinajstić information content (AvgIpc) is 3.56. The average molecular weight is 747 g/mol. The van der Waals surface area contributed by atoms with Crippen LogP contribution in [0, 0.1) is 11.3 Å². The lowest BCUT2D eigenvalue weighted by molar-refractivity contribution is -0.116. The van der Waals surface area contributed by atoms with Crippen molar-refractivity contribution >= 4 is 68.4 Å². The fourth-order valence-corrected chi connectivity index (χ4v) is 9.09. The Kier molecular flexibility index (Phi) is 11.3. The lowest BCUT2D eigenvalue weighted by Crippen LogP contribution is -2.30. The van der Waals surface area contributed by atoms with Gasteiger partial charge in [0.05, 0.1) is 10.8 Å². The molecule has 5 aromatic carbocycles. The van der Waals surface area contributed by atoms with Gasteiger partial charge in [0.1, 0.15) is 16.8 Å². The number of thioether (sulfide) groups is 1. The summed E-state index contributed by atoms with van der Waals surface area (Å²) < 4.78 is 0. The number of rotatable bonds is 11. The molecular formula is C45H38N4O3S2. The van der Waals surface area contributed by atoms with Crippen molar-refractivity contribution in [2.45, 2.75) is 48.7 Å². The SMILES string of the molecule is CCC(Sc1cccc(NC(=O)/C(=C\c2cccc3ccccc23)NC(=O)c2ccccc2)c1)C(=O)Nc1sc2c(c1C#N)CCC(c1ccccc1)C2. The van der Waals surface area contributed by atoms with Crippen LogP contribution in [-0.4, -0.2) is 23.0 Å². The highest BCUT2D eigenvalue weighted by Gasteiger charge is 2.28. The monoisotopic (exact) mass is 746 g/mol. The number of fused-ring (bicyclic) bond motifs is 2. The third-order valence-corrected chi connectivity index (χ3v) is 12.1. The van der Waals surface area contributed by atoms with Crippen LogP contribution in [0.15, 0.2) is 138 Å². The van der Waals surface area contributed by atoms with E-state index in [1.165, 1.54) is 33.5 Å². The first-order valence-corrected chi connectivity index (χ1v) is 19.6. The number of hydrogen-bond acceptors (Lipinski definition) is 6. The number of carbonyl (C=O) groups excluding carboxylic acids is 3. The second-order valence-corrected chi connectivity index (χ2v) is 15.5. The number of anilines is 2. The van der Waals surface area contributed by atoms with Crippen molar-refractivity contribution in [1.82, 2.24) is 5.32 Å². The summed E-state index contributed by atoms with van der Waals surface area (Å²) in [6, 6.07) is 42.6. The van der Waals surface area contributed by atoms with Crippen LogP contribution in [0.5, 0.6) is 0 Å². The van der Waals surface area contributed by atoms with E-state index in [1.807, 2.05) is 79.7 Å². The molecule has 7 rings (SSSR count). The normalized spacial score (nSPS) is 14.4. The third kappa shape index (κ3) is 8.31. The van der Waals surface area contributed by atoms with Crippen LogP contribution < -0.4 is 16.0 Å². The highest BCUT2D eigenvalue weighted by molar-refractivity contribution is 8.00. The molecule has 6 aromatic rings. The lowest BCUT2D eigenvalue weighted by atomic mass is 9.83. The number of thiophene rings is 1. The van der Waals surface area contributed by atoms with Gasteiger partial charge in [-0.2, -0.15) is 5.26 Å². The maximum atomic E-state index is 13.9. The number of nitrogens with zero attached hydrogens (tertiary/aromatic N) is 1. The second-order valence-electron chi connectivity index (χ2n) is 13.1. The summed E-state index contributed by atoms with van der Waals surface area (Å²) >= 11 is 2.91. The Morgan fingerprint density at radius 1 is 0.889 bits per heavy atom. The molecule has 54 heavy (non-hydrogen) atoms. The van der Waals surface area contributed by atoms with E-state index in [4.69, 9.17) is 0 Å². The number of hydrogen-bond donors (Lipinski definition) is 3. The van der Waals surface area contributed by atoms with Crippen LogP contribution in [0.3, 0.4) is 0 Å². The van der Waals surface area contributed by atoms with Crippen LogP contribution in [0.1, 0.15) is 63.2 Å². The first-order chi connectivity index (χ1) is 26.4. The van der Waals surface area contributed by atoms with E-state index in [0.29, 0.717) is 34.2 Å². The zero-order valence-corrected chi connectivity index (χ0v) is 31.3. The molecule has 3 N–H and O–H groups in total. The number of amides is 3. The highest BCUT2D eigenvalue weighted by atomic mass is 32.2. The molecule has 2 atom stereocenters. The van der Waals surface area contributed by atoms with Gasteiger partial charge in [-0.25, -0.2) is 0 Å². The van der Waals surface area contributed by atoms with Crippen molar-refractivity contribution in [3.63, 3.8) is 0 Å². The molecule has 0 radical (unpaired) electrons. The van der Waals surface area contributed by atoms with E-state index in [1.54, 1.807) is 36.4 Å². The van der Waals surface area contributed by atoms with Gasteiger partial charge in [-0.3, -0.25) is 14.4 Å². The Morgan fingerprint density at radius 3 is 2.39 bits per heavy atom. The molecule has 0 bridgehead atoms. The Balaban J connectivity index is 1.07. The van der Waals surface area contributed by atoms with Crippen molar-refractivity contribution in [3.05, 3.63) is 166 Å². The Labute approximate surface area is 323 Å². The molecule has 1 aromatic heterocycles. The van der Waals surface area contributed by atoms with E-state index in [0.717, 1.165) is 46.1 Å². The fraction of sp³-hybridized carbons (Fsp3) is 0.156. The van der Waals surface area contributed by atoms with Gasteiger partial charge >= 0.3 is 0 Å². The zero-order valence-electron chi connectivity index (χ0n) is 29.7. The maximum Gasteiger partial charge on any atom is 0.272 e. The number of nitriles is 1. The molecule has 1 aliphatic rings. The predicted molar refractivity (Wildman–Crippen MR) is 220 cm³/mol. The summed E-state index contributed by atoms with van der Waals surface area (Å²) in [6.45, 7) is 1.96. The summed E-state index contributed by atoms with van der Waals surface area (Å²) in [5, 5.41) is 21.1. The molecule has 3 amide bonds. The molecule has 1 heterocycles. The molecule has 0 fully saturated rings. The van der Waals surface area contributed by atoms with Crippen molar-refractivity contribution < 1.29 is 14.4 Å². The Bertz CT molecular complexity index is 2390. The summed E-state index contributed by atoms with van der Waals surface area (Å²) in [5.74, 6) is -0.667. The largest absolute Gasteiger partial charge is 0.321 e. The number of benzene rings is 5. The summed E-state index contributed by atoms with van der Waals surface area (Å²) in [6.07, 6.45) is 4.88. The van der Waals surface area contributed by atoms with Crippen LogP contribution in [-0.2, 0) is 22.4 Å². The minimum absolute atomic E-state index is 0.0890. The van der Waals surface area contributed by atoms with E-state index in [2.05, 4.69) is 46.3 Å². The standard InChI is InChI=1S/C45H38N4O3S2/c1-2-40(44(52)49-45-38(28-46)37-24-23-32(26-41(37)54-45)29-13-5-3-6-14-29)53-35-21-12-20-34(27-35)47-43(51)39(48-42(50)31-16-7-4-8-17-31)25-33-19-11-18-30-15-9-10-22-36(30)33/h3-22,25,27,32,40H,2,23-24,26H2,1H3,(H,47,51)(H,48,50)(H,49,52)/b39-25+. The summed E-state index contributed by atoms with van der Waals surface area (Å²) in [7, 11) is 0. The lowest BCUT2D eigenvalue weighted by Gasteiger charge is -2.22. The van der Waals surface area contributed by atoms with Gasteiger partial charge < -0.3 is 16.0 Å². The van der Waals surface area contributed by atoms with Crippen molar-refractivity contribution in [2.24, 2.45) is 0 Å². The molecule has 268 valence electrons. The van der Waals surface area contributed by atoms with Gasteiger partial charge in [0.2, 0.25) is 5.91 Å². The van der Waals surface area contributed by atoms with Gasteiger partial charge in [0.25, 0.3) is 11.8 Å². The van der Waals surface area contributed by atoms with Crippen LogP contribution in [0.2, 0.25) is 0 Å². The quantitative estimate of drug-likeness (QED) is 0.0903. The maximum absolute atomic E-state index is 13.9. The smallest absolute Gasteiger partial charge is 0.272 e. The molecule has 2 unspecified atom stereocenters. The second kappa shape index (κ2) is 16.8. The van der Waals surface area contributed by atoms with E-state index >= 15 is 0 Å². The van der Waals surface area contributed by atoms with Gasteiger partial charge in [0.15, 0.2) is 0 Å². The van der Waals surface area contributed by atoms with Crippen molar-refractivity contribution in [3.8, 4) is 6.07 Å². The number of carbonyl (C=O) groups is 3. The zero-order chi connectivity index (χ0) is 37.4. The third-order valence-electron chi connectivity index (χ3n) is 9.57. The molecule has 0 saturated carbocycles. The summed E-state index contributed by atoms with van der Waals surface area (Å²) in [4.78, 5) is 42.8. The van der Waals surface area contributed by atoms with Crippen LogP contribution >= 0.6 is 23.1 Å². The van der Waals surface area contributed by atoms with E-state index < -0.39 is 17.1 Å². The topological polar surface area (TPSA) is 111 Å². The van der Waals surface area contributed by atoms with Crippen LogP contribution in [0.4, 0.5) is 10.7 Å². The van der Waals surface area contributed by atoms with Gasteiger partial charge in [-0.1, -0.05) is 104 Å². The van der Waals surface area contributed by atoms with E-state index in [9.17, 15) is 19.6 Å². The molecule has 0 saturated heterocycles. The summed E-state index contributed by atoms with van der Waals surface area (Å²) in [5.41, 5.74) is 4.76. The Morgan fingerprint density at radius 2 is 1.61 bits per heavy atom. The molecule has 1 aliphatic carbocycles. The van der Waals surface area contributed by atoms with Gasteiger partial charge in [-0.15, -0.1) is 23.1 Å². The molecule has 0 aliphatic heterocycles. The molecule has 0 spiro atoms. The Hall–Kier alpha value is -5.95. The first-order valence-electron chi connectivity index (χ1n) is 17.9. The van der Waals surface area contributed by atoms with Crippen LogP contribution in [0.25, 0.3) is 16.8 Å². The number of nitrogens with one attached hydrogen (secondary N) is 3. The molecule has 9 heteroatoms. The predicted octanol–water partition coefficient (Wildman–Crippen LogP) is 9.96. The van der Waals surface area contributed by atoms with Crippen molar-refractivity contribution in [1.29, 1.82) is 5.26 Å². The first kappa shape index (κ1) is 36.4. The van der Waals surface area contributed by atoms with Crippen molar-refractivity contribution in [2.75, 3.05) is 10.6 Å². The molecular weight excluding hydrogens is 709 g/mol. The minimum atomic E-state index is -0.487. The van der Waals surface area contributed by atoms with Gasteiger partial charge in [-0.05, 0) is 95.5 Å². The minimum Gasteiger partial charge on any atom is -0.321 e. The van der Waals surface area contributed by atoms with Gasteiger partial charge in [0, 0.05) is 21.0 Å². The highest BCUT2D eigenvalue weighted by Crippen LogP contribution is 2.42. The van der Waals surface area contributed by atoms with E-state index in [-0.39, 0.29) is 11.6 Å². The molecule has 7 nitrogen and oxygen atoms in total. The fourth-order valence-electron chi connectivity index (χ4n) is 6.80.